The first-order valence-corrected chi connectivity index (χ1v) is 8.49. The topological polar surface area (TPSA) is 80.9 Å². The van der Waals surface area contributed by atoms with E-state index in [2.05, 4.69) is 26.5 Å². The maximum absolute atomic E-state index is 12.2. The van der Waals surface area contributed by atoms with Crippen molar-refractivity contribution in [3.05, 3.63) is 74.6 Å². The summed E-state index contributed by atoms with van der Waals surface area (Å²) < 4.78 is 11.2. The lowest BCUT2D eigenvalue weighted by molar-refractivity contribution is 0.0955. The molecule has 2 aromatic carbocycles. The Labute approximate surface area is 157 Å². The Kier molecular flexibility index (Phi) is 5.18. The van der Waals surface area contributed by atoms with Gasteiger partial charge in [-0.3, -0.25) is 4.79 Å². The average molecular weight is 415 g/mol. The molecular weight excluding hydrogens is 400 g/mol. The van der Waals surface area contributed by atoms with E-state index < -0.39 is 5.63 Å². The molecule has 0 saturated carbocycles. The number of rotatable bonds is 4. The smallest absolute Gasteiger partial charge is 0.345 e. The molecule has 7 heteroatoms. The van der Waals surface area contributed by atoms with Crippen LogP contribution in [0.25, 0.3) is 11.0 Å². The minimum atomic E-state index is -0.514. The molecule has 0 bridgehead atoms. The van der Waals surface area contributed by atoms with Crippen LogP contribution in [0.3, 0.4) is 0 Å². The van der Waals surface area contributed by atoms with E-state index in [0.29, 0.717) is 22.6 Å². The quantitative estimate of drug-likeness (QED) is 0.400. The monoisotopic (exact) mass is 414 g/mol. The highest BCUT2D eigenvalue weighted by atomic mass is 79.9. The van der Waals surface area contributed by atoms with Gasteiger partial charge in [-0.05, 0) is 55.5 Å². The molecule has 3 rings (SSSR count). The number of fused-ring (bicyclic) bond motifs is 1. The second kappa shape index (κ2) is 7.53. The first kappa shape index (κ1) is 17.9. The molecule has 0 spiro atoms. The molecule has 6 nitrogen and oxygen atoms in total. The number of amides is 1. The Bertz CT molecular complexity index is 1060. The molecule has 1 N–H and O–H groups in total. The number of carbonyl (C=O) groups is 1. The van der Waals surface area contributed by atoms with Gasteiger partial charge in [0.05, 0.1) is 18.4 Å². The number of benzene rings is 2. The molecule has 0 atom stereocenters. The Morgan fingerprint density at radius 1 is 1.15 bits per heavy atom. The third kappa shape index (κ3) is 3.83. The van der Waals surface area contributed by atoms with E-state index in [1.54, 1.807) is 56.5 Å². The van der Waals surface area contributed by atoms with E-state index in [1.807, 2.05) is 6.07 Å². The number of hydrogen-bond donors (Lipinski definition) is 1. The van der Waals surface area contributed by atoms with Crippen LogP contribution in [-0.4, -0.2) is 18.7 Å². The molecule has 3 aromatic rings. The summed E-state index contributed by atoms with van der Waals surface area (Å²) in [7, 11) is 1.55. The molecule has 0 radical (unpaired) electrons. The number of hydrazone groups is 1. The molecule has 0 aliphatic rings. The third-order valence-corrected chi connectivity index (χ3v) is 4.25. The van der Waals surface area contributed by atoms with Gasteiger partial charge >= 0.3 is 5.63 Å². The molecule has 0 aliphatic carbocycles. The fourth-order valence-corrected chi connectivity index (χ4v) is 2.73. The van der Waals surface area contributed by atoms with Crippen LogP contribution in [0.5, 0.6) is 5.75 Å². The summed E-state index contributed by atoms with van der Waals surface area (Å²) in [6.45, 7) is 1.63. The maximum Gasteiger partial charge on any atom is 0.345 e. The average Bonchev–Trinajstić information content (AvgIpc) is 2.65. The van der Waals surface area contributed by atoms with Crippen molar-refractivity contribution in [1.82, 2.24) is 5.43 Å². The van der Waals surface area contributed by atoms with Crippen LogP contribution < -0.4 is 15.8 Å². The van der Waals surface area contributed by atoms with Crippen LogP contribution in [0.1, 0.15) is 22.8 Å². The summed E-state index contributed by atoms with van der Waals surface area (Å²) in [6.07, 6.45) is 0. The summed E-state index contributed by atoms with van der Waals surface area (Å²) in [5.41, 5.74) is 3.47. The zero-order valence-corrected chi connectivity index (χ0v) is 15.7. The predicted octanol–water partition coefficient (Wildman–Crippen LogP) is 3.72. The van der Waals surface area contributed by atoms with Gasteiger partial charge in [0.15, 0.2) is 0 Å². The fraction of sp³-hybridized carbons (Fsp3) is 0.105. The van der Waals surface area contributed by atoms with E-state index in [4.69, 9.17) is 9.15 Å². The van der Waals surface area contributed by atoms with Gasteiger partial charge in [0, 0.05) is 15.4 Å². The van der Waals surface area contributed by atoms with Gasteiger partial charge in [-0.1, -0.05) is 15.9 Å². The summed E-state index contributed by atoms with van der Waals surface area (Å²) in [5, 5.41) is 4.77. The van der Waals surface area contributed by atoms with Gasteiger partial charge < -0.3 is 9.15 Å². The Morgan fingerprint density at radius 2 is 1.88 bits per heavy atom. The van der Waals surface area contributed by atoms with Crippen LogP contribution in [0.2, 0.25) is 0 Å². The third-order valence-electron chi connectivity index (χ3n) is 3.76. The number of ether oxygens (including phenoxy) is 1. The molecule has 0 fully saturated rings. The summed E-state index contributed by atoms with van der Waals surface area (Å²) in [5.74, 6) is 0.265. The summed E-state index contributed by atoms with van der Waals surface area (Å²) >= 11 is 3.38. The van der Waals surface area contributed by atoms with Crippen LogP contribution in [-0.2, 0) is 0 Å². The highest BCUT2D eigenvalue weighted by molar-refractivity contribution is 9.10. The van der Waals surface area contributed by atoms with Crippen molar-refractivity contribution in [3.63, 3.8) is 0 Å². The van der Waals surface area contributed by atoms with E-state index in [9.17, 15) is 9.59 Å². The molecule has 0 aliphatic heterocycles. The molecule has 0 unspecified atom stereocenters. The van der Waals surface area contributed by atoms with Gasteiger partial charge in [0.1, 0.15) is 11.3 Å². The maximum atomic E-state index is 12.2. The standard InChI is InChI=1S/C19H15BrN2O4/c1-11(21-22-18(23)12-3-6-15(25-2)7-4-12)16-10-13-9-14(20)5-8-17(13)26-19(16)24/h3-10H,1-2H3,(H,22,23)/b21-11+. The van der Waals surface area contributed by atoms with Crippen molar-refractivity contribution >= 4 is 38.5 Å². The van der Waals surface area contributed by atoms with Gasteiger partial charge in [-0.25, -0.2) is 10.2 Å². The van der Waals surface area contributed by atoms with Crippen molar-refractivity contribution in [2.75, 3.05) is 7.11 Å². The SMILES string of the molecule is COc1ccc(C(=O)N/N=C(\C)c2cc3cc(Br)ccc3oc2=O)cc1. The largest absolute Gasteiger partial charge is 0.497 e. The molecule has 132 valence electrons. The normalized spacial score (nSPS) is 11.4. The lowest BCUT2D eigenvalue weighted by atomic mass is 10.1. The van der Waals surface area contributed by atoms with Crippen LogP contribution in [0.4, 0.5) is 0 Å². The van der Waals surface area contributed by atoms with Crippen molar-refractivity contribution in [1.29, 1.82) is 0 Å². The van der Waals surface area contributed by atoms with Crippen LogP contribution >= 0.6 is 15.9 Å². The molecule has 26 heavy (non-hydrogen) atoms. The number of halogens is 1. The summed E-state index contributed by atoms with van der Waals surface area (Å²) in [6, 6.07) is 13.6. The van der Waals surface area contributed by atoms with Gasteiger partial charge in [0.2, 0.25) is 0 Å². The minimum absolute atomic E-state index is 0.283. The van der Waals surface area contributed by atoms with E-state index in [0.717, 1.165) is 9.86 Å². The number of carbonyl (C=O) groups excluding carboxylic acids is 1. The van der Waals surface area contributed by atoms with Crippen LogP contribution in [0.15, 0.2) is 67.3 Å². The Balaban J connectivity index is 1.84. The number of methoxy groups -OCH3 is 1. The van der Waals surface area contributed by atoms with Crippen molar-refractivity contribution in [3.8, 4) is 5.75 Å². The minimum Gasteiger partial charge on any atom is -0.497 e. The Hall–Kier alpha value is -2.93. The van der Waals surface area contributed by atoms with Crippen molar-refractivity contribution < 1.29 is 13.9 Å². The number of nitrogens with one attached hydrogen (secondary N) is 1. The highest BCUT2D eigenvalue weighted by Crippen LogP contribution is 2.19. The van der Waals surface area contributed by atoms with E-state index in [1.165, 1.54) is 0 Å². The predicted molar refractivity (Wildman–Crippen MR) is 103 cm³/mol. The van der Waals surface area contributed by atoms with Gasteiger partial charge in [0.25, 0.3) is 5.91 Å². The fourth-order valence-electron chi connectivity index (χ4n) is 2.35. The second-order valence-electron chi connectivity index (χ2n) is 5.50. The van der Waals surface area contributed by atoms with E-state index >= 15 is 0 Å². The first-order valence-electron chi connectivity index (χ1n) is 7.70. The zero-order valence-electron chi connectivity index (χ0n) is 14.1. The lowest BCUT2D eigenvalue weighted by Crippen LogP contribution is -2.21. The Morgan fingerprint density at radius 3 is 2.58 bits per heavy atom. The van der Waals surface area contributed by atoms with Crippen LogP contribution in [0, 0.1) is 0 Å². The summed E-state index contributed by atoms with van der Waals surface area (Å²) in [4.78, 5) is 24.3. The van der Waals surface area contributed by atoms with Gasteiger partial charge in [-0.15, -0.1) is 0 Å². The molecule has 1 aromatic heterocycles. The molecule has 0 saturated heterocycles. The molecular formula is C19H15BrN2O4. The van der Waals surface area contributed by atoms with Gasteiger partial charge in [-0.2, -0.15) is 5.10 Å². The highest BCUT2D eigenvalue weighted by Gasteiger charge is 2.10. The molecule has 1 amide bonds. The molecule has 1 heterocycles. The second-order valence-corrected chi connectivity index (χ2v) is 6.41. The lowest BCUT2D eigenvalue weighted by Gasteiger charge is -2.05. The van der Waals surface area contributed by atoms with Crippen molar-refractivity contribution in [2.45, 2.75) is 6.92 Å². The number of nitrogens with zero attached hydrogens (tertiary/aromatic N) is 1. The van der Waals surface area contributed by atoms with Crippen molar-refractivity contribution in [2.24, 2.45) is 5.10 Å². The first-order chi connectivity index (χ1) is 12.5. The van der Waals surface area contributed by atoms with E-state index in [-0.39, 0.29) is 11.5 Å². The number of hydrogen-bond acceptors (Lipinski definition) is 5. The zero-order chi connectivity index (χ0) is 18.7.